The van der Waals surface area contributed by atoms with Gasteiger partial charge in [-0.1, -0.05) is 0 Å². The van der Waals surface area contributed by atoms with Gasteiger partial charge in [-0.3, -0.25) is 4.98 Å². The Kier molecular flexibility index (Phi) is 4.42. The topological polar surface area (TPSA) is 63.7 Å². The van der Waals surface area contributed by atoms with E-state index in [9.17, 15) is 9.18 Å². The fourth-order valence-corrected chi connectivity index (χ4v) is 2.92. The van der Waals surface area contributed by atoms with Gasteiger partial charge in [-0.2, -0.15) is 0 Å². The van der Waals surface area contributed by atoms with Gasteiger partial charge in [-0.25, -0.2) is 9.18 Å². The summed E-state index contributed by atoms with van der Waals surface area (Å²) in [6, 6.07) is 1.27. The van der Waals surface area contributed by atoms with Crippen LogP contribution in [-0.4, -0.2) is 49.3 Å². The Labute approximate surface area is 128 Å². The van der Waals surface area contributed by atoms with Gasteiger partial charge in [-0.15, -0.1) is 0 Å². The minimum absolute atomic E-state index is 0.0512. The molecule has 2 aliphatic heterocycles. The van der Waals surface area contributed by atoms with E-state index in [0.717, 1.165) is 32.7 Å². The van der Waals surface area contributed by atoms with Crippen molar-refractivity contribution in [3.8, 4) is 5.75 Å². The van der Waals surface area contributed by atoms with E-state index >= 15 is 0 Å². The lowest BCUT2D eigenvalue weighted by molar-refractivity contribution is 0.0743. The second kappa shape index (κ2) is 6.48. The highest BCUT2D eigenvalue weighted by Gasteiger charge is 2.37. The van der Waals surface area contributed by atoms with Gasteiger partial charge >= 0.3 is 6.03 Å². The molecular formula is C15H20FN3O3. The summed E-state index contributed by atoms with van der Waals surface area (Å²) in [4.78, 5) is 17.7. The summed E-state index contributed by atoms with van der Waals surface area (Å²) in [6.45, 7) is 3.17. The minimum atomic E-state index is -0.533. The molecular weight excluding hydrogens is 289 g/mol. The summed E-state index contributed by atoms with van der Waals surface area (Å²) in [7, 11) is 1.40. The number of methoxy groups -OCH3 is 1. The minimum Gasteiger partial charge on any atom is -0.494 e. The lowest BCUT2D eigenvalue weighted by Crippen LogP contribution is -2.55. The molecule has 1 N–H and O–H groups in total. The Balaban J connectivity index is 1.47. The Bertz CT molecular complexity index is 543. The van der Waals surface area contributed by atoms with E-state index in [-0.39, 0.29) is 24.0 Å². The van der Waals surface area contributed by atoms with Crippen molar-refractivity contribution in [1.82, 2.24) is 15.2 Å². The molecule has 1 atom stereocenters. The fourth-order valence-electron chi connectivity index (χ4n) is 2.92. The number of halogens is 1. The van der Waals surface area contributed by atoms with Crippen molar-refractivity contribution in [2.75, 3.05) is 33.4 Å². The van der Waals surface area contributed by atoms with E-state index in [1.165, 1.54) is 19.4 Å². The number of urea groups is 1. The maximum absolute atomic E-state index is 13.9. The third kappa shape index (κ3) is 2.99. The number of nitrogens with one attached hydrogen (secondary N) is 1. The number of carbonyl (C=O) groups excluding carboxylic acids is 1. The van der Waals surface area contributed by atoms with Crippen LogP contribution in [0.15, 0.2) is 12.3 Å². The van der Waals surface area contributed by atoms with Gasteiger partial charge in [0.25, 0.3) is 0 Å². The number of likely N-dealkylation sites (tertiary alicyclic amines) is 1. The molecule has 1 aromatic heterocycles. The number of carbonyl (C=O) groups is 1. The van der Waals surface area contributed by atoms with Crippen LogP contribution in [0, 0.1) is 17.7 Å². The van der Waals surface area contributed by atoms with E-state index in [1.807, 2.05) is 0 Å². The van der Waals surface area contributed by atoms with Gasteiger partial charge in [0, 0.05) is 38.6 Å². The fraction of sp³-hybridized carbons (Fsp3) is 0.600. The molecule has 1 aromatic rings. The van der Waals surface area contributed by atoms with Crippen LogP contribution >= 0.6 is 0 Å². The first-order valence-corrected chi connectivity index (χ1v) is 7.47. The van der Waals surface area contributed by atoms with Gasteiger partial charge in [-0.05, 0) is 18.3 Å². The Morgan fingerprint density at radius 3 is 3.05 bits per heavy atom. The first-order chi connectivity index (χ1) is 10.7. The number of ether oxygens (including phenoxy) is 2. The lowest BCUT2D eigenvalue weighted by atomic mass is 9.85. The number of amides is 2. The van der Waals surface area contributed by atoms with Crippen LogP contribution in [0.25, 0.3) is 0 Å². The SMILES string of the molecule is COc1ccnc(CNC(=O)N2CC(C3CCOC3)C2)c1F. The van der Waals surface area contributed by atoms with Gasteiger partial charge in [0.15, 0.2) is 11.6 Å². The van der Waals surface area contributed by atoms with Gasteiger partial charge in [0.05, 0.1) is 19.3 Å². The summed E-state index contributed by atoms with van der Waals surface area (Å²) in [5.74, 6) is 0.695. The summed E-state index contributed by atoms with van der Waals surface area (Å²) in [6.07, 6.45) is 2.54. The number of nitrogens with zero attached hydrogens (tertiary/aromatic N) is 2. The summed E-state index contributed by atoms with van der Waals surface area (Å²) >= 11 is 0. The average molecular weight is 309 g/mol. The monoisotopic (exact) mass is 309 g/mol. The first kappa shape index (κ1) is 15.0. The smallest absolute Gasteiger partial charge is 0.317 e. The van der Waals surface area contributed by atoms with Crippen molar-refractivity contribution in [3.63, 3.8) is 0 Å². The largest absolute Gasteiger partial charge is 0.494 e. The molecule has 0 bridgehead atoms. The van der Waals surface area contributed by atoms with Crippen molar-refractivity contribution in [3.05, 3.63) is 23.8 Å². The van der Waals surface area contributed by atoms with Crippen LogP contribution in [-0.2, 0) is 11.3 Å². The normalized spacial score (nSPS) is 21.5. The quantitative estimate of drug-likeness (QED) is 0.913. The number of pyridine rings is 1. The molecule has 2 amide bonds. The van der Waals surface area contributed by atoms with Gasteiger partial charge < -0.3 is 19.7 Å². The first-order valence-electron chi connectivity index (χ1n) is 7.47. The lowest BCUT2D eigenvalue weighted by Gasteiger charge is -2.41. The van der Waals surface area contributed by atoms with Crippen molar-refractivity contribution in [1.29, 1.82) is 0 Å². The standard InChI is InChI=1S/C15H20FN3O3/c1-21-13-2-4-17-12(14(13)16)6-18-15(20)19-7-11(8-19)10-3-5-22-9-10/h2,4,10-11H,3,5-9H2,1H3,(H,18,20). The molecule has 0 aromatic carbocycles. The number of rotatable bonds is 4. The summed E-state index contributed by atoms with van der Waals surface area (Å²) in [5.41, 5.74) is 0.175. The highest BCUT2D eigenvalue weighted by atomic mass is 19.1. The van der Waals surface area contributed by atoms with E-state index in [0.29, 0.717) is 11.8 Å². The van der Waals surface area contributed by atoms with Gasteiger partial charge in [0.2, 0.25) is 0 Å². The Morgan fingerprint density at radius 1 is 1.55 bits per heavy atom. The molecule has 6 nitrogen and oxygen atoms in total. The highest BCUT2D eigenvalue weighted by molar-refractivity contribution is 5.75. The number of hydrogen-bond acceptors (Lipinski definition) is 4. The molecule has 2 aliphatic rings. The predicted molar refractivity (Wildman–Crippen MR) is 77.0 cm³/mol. The molecule has 2 fully saturated rings. The summed E-state index contributed by atoms with van der Waals surface area (Å²) < 4.78 is 24.2. The van der Waals surface area contributed by atoms with E-state index in [2.05, 4.69) is 10.3 Å². The molecule has 1 unspecified atom stereocenters. The van der Waals surface area contributed by atoms with Crippen molar-refractivity contribution in [2.24, 2.45) is 11.8 Å². The van der Waals surface area contributed by atoms with E-state index in [4.69, 9.17) is 9.47 Å². The average Bonchev–Trinajstić information content (AvgIpc) is 2.98. The van der Waals surface area contributed by atoms with Crippen molar-refractivity contribution < 1.29 is 18.7 Å². The molecule has 120 valence electrons. The van der Waals surface area contributed by atoms with E-state index < -0.39 is 5.82 Å². The third-order valence-electron chi connectivity index (χ3n) is 4.38. The molecule has 2 saturated heterocycles. The Morgan fingerprint density at radius 2 is 2.36 bits per heavy atom. The van der Waals surface area contributed by atoms with Crippen molar-refractivity contribution in [2.45, 2.75) is 13.0 Å². The number of hydrogen-bond donors (Lipinski definition) is 1. The predicted octanol–water partition coefficient (Wildman–Crippen LogP) is 1.41. The van der Waals surface area contributed by atoms with Crippen LogP contribution in [0.2, 0.25) is 0 Å². The van der Waals surface area contributed by atoms with Crippen LogP contribution in [0.5, 0.6) is 5.75 Å². The molecule has 0 radical (unpaired) electrons. The molecule has 0 spiro atoms. The molecule has 3 rings (SSSR count). The molecule has 0 saturated carbocycles. The maximum Gasteiger partial charge on any atom is 0.317 e. The molecule has 0 aliphatic carbocycles. The number of aromatic nitrogens is 1. The van der Waals surface area contributed by atoms with Crippen LogP contribution in [0.1, 0.15) is 12.1 Å². The highest BCUT2D eigenvalue weighted by Crippen LogP contribution is 2.29. The Hall–Kier alpha value is -1.89. The van der Waals surface area contributed by atoms with Crippen LogP contribution < -0.4 is 10.1 Å². The zero-order valence-corrected chi connectivity index (χ0v) is 12.5. The second-order valence-corrected chi connectivity index (χ2v) is 5.72. The zero-order chi connectivity index (χ0) is 15.5. The second-order valence-electron chi connectivity index (χ2n) is 5.72. The maximum atomic E-state index is 13.9. The van der Waals surface area contributed by atoms with Gasteiger partial charge in [0.1, 0.15) is 0 Å². The summed E-state index contributed by atoms with van der Waals surface area (Å²) in [5, 5.41) is 2.70. The van der Waals surface area contributed by atoms with Crippen LogP contribution in [0.3, 0.4) is 0 Å². The van der Waals surface area contributed by atoms with E-state index in [1.54, 1.807) is 4.90 Å². The van der Waals surface area contributed by atoms with Crippen LogP contribution in [0.4, 0.5) is 9.18 Å². The van der Waals surface area contributed by atoms with Crippen molar-refractivity contribution >= 4 is 6.03 Å². The molecule has 22 heavy (non-hydrogen) atoms. The zero-order valence-electron chi connectivity index (χ0n) is 12.5. The molecule has 7 heteroatoms. The molecule has 3 heterocycles. The third-order valence-corrected chi connectivity index (χ3v) is 4.38.